The van der Waals surface area contributed by atoms with Gasteiger partial charge in [-0.1, -0.05) is 0 Å². The highest BCUT2D eigenvalue weighted by molar-refractivity contribution is 5.97. The molecule has 112 valence electrons. The van der Waals surface area contributed by atoms with E-state index in [9.17, 15) is 9.59 Å². The molecule has 5 nitrogen and oxygen atoms in total. The number of rotatable bonds is 2. The normalized spacial score (nSPS) is 28.9. The summed E-state index contributed by atoms with van der Waals surface area (Å²) in [6.45, 7) is 1.45. The summed E-state index contributed by atoms with van der Waals surface area (Å²) in [5, 5.41) is 0. The Morgan fingerprint density at radius 1 is 1.33 bits per heavy atom. The first kappa shape index (κ1) is 12.9. The lowest BCUT2D eigenvalue weighted by Gasteiger charge is -2.36. The van der Waals surface area contributed by atoms with Crippen LogP contribution in [0, 0.1) is 5.92 Å². The molecule has 3 aliphatic rings. The fourth-order valence-electron chi connectivity index (χ4n) is 3.91. The minimum Gasteiger partial charge on any atom is -0.364 e. The number of carbonyl (C=O) groups excluding carboxylic acids is 2. The number of aromatic nitrogens is 1. The van der Waals surface area contributed by atoms with Crippen LogP contribution in [-0.4, -0.2) is 52.8 Å². The smallest absolute Gasteiger partial charge is 0.256 e. The summed E-state index contributed by atoms with van der Waals surface area (Å²) >= 11 is 0. The Kier molecular flexibility index (Phi) is 2.84. The molecule has 2 aliphatic heterocycles. The van der Waals surface area contributed by atoms with Crippen LogP contribution in [0.1, 0.15) is 47.7 Å². The van der Waals surface area contributed by atoms with Crippen molar-refractivity contribution in [1.82, 2.24) is 14.8 Å². The Morgan fingerprint density at radius 3 is 2.90 bits per heavy atom. The van der Waals surface area contributed by atoms with E-state index in [4.69, 9.17) is 0 Å². The third-order valence-electron chi connectivity index (χ3n) is 5.19. The molecular weight excluding hydrogens is 266 g/mol. The zero-order valence-electron chi connectivity index (χ0n) is 12.3. The molecule has 2 saturated heterocycles. The van der Waals surface area contributed by atoms with Gasteiger partial charge in [0.1, 0.15) is 0 Å². The summed E-state index contributed by atoms with van der Waals surface area (Å²) in [6, 6.07) is 1.96. The second kappa shape index (κ2) is 4.61. The zero-order valence-corrected chi connectivity index (χ0v) is 12.3. The molecule has 1 aliphatic carbocycles. The maximum absolute atomic E-state index is 12.9. The fraction of sp³-hybridized carbons (Fsp3) is 0.625. The number of likely N-dealkylation sites (N-methyl/N-ethyl adjacent to an activating group) is 1. The van der Waals surface area contributed by atoms with Crippen LogP contribution in [0.3, 0.4) is 0 Å². The van der Waals surface area contributed by atoms with Gasteiger partial charge in [-0.2, -0.15) is 0 Å². The molecule has 0 aromatic carbocycles. The fourth-order valence-corrected chi connectivity index (χ4v) is 3.91. The van der Waals surface area contributed by atoms with Crippen LogP contribution >= 0.6 is 0 Å². The predicted octanol–water partition coefficient (Wildman–Crippen LogP) is 1.58. The van der Waals surface area contributed by atoms with E-state index in [-0.39, 0.29) is 23.8 Å². The molecule has 0 bridgehead atoms. The summed E-state index contributed by atoms with van der Waals surface area (Å²) in [5.74, 6) is 0.855. The maximum Gasteiger partial charge on any atom is 0.256 e. The van der Waals surface area contributed by atoms with E-state index in [1.54, 1.807) is 4.90 Å². The van der Waals surface area contributed by atoms with Crippen molar-refractivity contribution in [2.75, 3.05) is 20.1 Å². The van der Waals surface area contributed by atoms with Gasteiger partial charge in [0.25, 0.3) is 5.91 Å². The SMILES string of the molecule is CN1C[C@@H]2[C@@H](CCCN2C(=O)c2cc[nH]c2C2CC2)C1=O. The van der Waals surface area contributed by atoms with Crippen molar-refractivity contribution in [2.45, 2.75) is 37.6 Å². The molecule has 21 heavy (non-hydrogen) atoms. The van der Waals surface area contributed by atoms with Crippen LogP contribution < -0.4 is 0 Å². The number of aromatic amines is 1. The van der Waals surface area contributed by atoms with Gasteiger partial charge in [-0.15, -0.1) is 0 Å². The minimum absolute atomic E-state index is 0.0102. The Balaban J connectivity index is 1.61. The number of likely N-dealkylation sites (tertiary alicyclic amines) is 2. The Labute approximate surface area is 124 Å². The lowest BCUT2D eigenvalue weighted by Crippen LogP contribution is -2.48. The maximum atomic E-state index is 12.9. The Morgan fingerprint density at radius 2 is 2.14 bits per heavy atom. The van der Waals surface area contributed by atoms with Gasteiger partial charge < -0.3 is 14.8 Å². The molecule has 1 N–H and O–H groups in total. The second-order valence-corrected chi connectivity index (χ2v) is 6.61. The lowest BCUT2D eigenvalue weighted by molar-refractivity contribution is -0.130. The topological polar surface area (TPSA) is 56.4 Å². The average Bonchev–Trinajstić information content (AvgIpc) is 3.15. The second-order valence-electron chi connectivity index (χ2n) is 6.61. The molecule has 1 saturated carbocycles. The summed E-state index contributed by atoms with van der Waals surface area (Å²) in [4.78, 5) is 32.1. The van der Waals surface area contributed by atoms with Crippen molar-refractivity contribution in [3.05, 3.63) is 23.5 Å². The first-order valence-corrected chi connectivity index (χ1v) is 7.90. The van der Waals surface area contributed by atoms with Gasteiger partial charge in [0.2, 0.25) is 5.91 Å². The molecule has 3 fully saturated rings. The number of hydrogen-bond donors (Lipinski definition) is 1. The van der Waals surface area contributed by atoms with E-state index >= 15 is 0 Å². The molecule has 2 atom stereocenters. The molecule has 1 aromatic rings. The molecule has 0 radical (unpaired) electrons. The zero-order chi connectivity index (χ0) is 14.6. The highest BCUT2D eigenvalue weighted by atomic mass is 16.2. The van der Waals surface area contributed by atoms with Crippen molar-refractivity contribution in [2.24, 2.45) is 5.92 Å². The first-order valence-electron chi connectivity index (χ1n) is 7.90. The van der Waals surface area contributed by atoms with Crippen LogP contribution in [0.4, 0.5) is 0 Å². The predicted molar refractivity (Wildman–Crippen MR) is 78.0 cm³/mol. The summed E-state index contributed by atoms with van der Waals surface area (Å²) in [6.07, 6.45) is 6.06. The molecular formula is C16H21N3O2. The third kappa shape index (κ3) is 1.98. The standard InChI is InChI=1S/C16H21N3O2/c1-18-9-13-11(15(18)20)3-2-8-19(13)16(21)12-6-7-17-14(12)10-4-5-10/h6-7,10-11,13,17H,2-5,8-9H2,1H3/t11-,13-/m1/s1. The van der Waals surface area contributed by atoms with Gasteiger partial charge in [0, 0.05) is 32.0 Å². The molecule has 3 heterocycles. The number of H-pyrrole nitrogens is 1. The number of amides is 2. The van der Waals surface area contributed by atoms with E-state index in [0.717, 1.165) is 30.6 Å². The molecule has 4 rings (SSSR count). The number of nitrogens with zero attached hydrogens (tertiary/aromatic N) is 2. The van der Waals surface area contributed by atoms with Gasteiger partial charge >= 0.3 is 0 Å². The van der Waals surface area contributed by atoms with Gasteiger partial charge in [-0.25, -0.2) is 0 Å². The van der Waals surface area contributed by atoms with Crippen LogP contribution in [0.5, 0.6) is 0 Å². The molecule has 0 spiro atoms. The Bertz CT molecular complexity index is 590. The van der Waals surface area contributed by atoms with Gasteiger partial charge in [0.15, 0.2) is 0 Å². The van der Waals surface area contributed by atoms with Gasteiger partial charge in [0.05, 0.1) is 17.5 Å². The van der Waals surface area contributed by atoms with Gasteiger partial charge in [-0.05, 0) is 37.7 Å². The van der Waals surface area contributed by atoms with Crippen molar-refractivity contribution in [3.8, 4) is 0 Å². The average molecular weight is 287 g/mol. The number of hydrogen-bond acceptors (Lipinski definition) is 2. The summed E-state index contributed by atoms with van der Waals surface area (Å²) < 4.78 is 0. The molecule has 1 aromatic heterocycles. The highest BCUT2D eigenvalue weighted by Gasteiger charge is 2.46. The third-order valence-corrected chi connectivity index (χ3v) is 5.19. The van der Waals surface area contributed by atoms with Crippen molar-refractivity contribution >= 4 is 11.8 Å². The van der Waals surface area contributed by atoms with E-state index in [0.29, 0.717) is 12.5 Å². The van der Waals surface area contributed by atoms with Crippen LogP contribution in [0.2, 0.25) is 0 Å². The minimum atomic E-state index is 0.0102. The van der Waals surface area contributed by atoms with E-state index < -0.39 is 0 Å². The van der Waals surface area contributed by atoms with Crippen molar-refractivity contribution < 1.29 is 9.59 Å². The highest BCUT2D eigenvalue weighted by Crippen LogP contribution is 2.41. The van der Waals surface area contributed by atoms with E-state index in [1.165, 1.54) is 12.8 Å². The number of carbonyl (C=O) groups is 2. The monoisotopic (exact) mass is 287 g/mol. The Hall–Kier alpha value is -1.78. The molecule has 5 heteroatoms. The number of fused-ring (bicyclic) bond motifs is 1. The number of nitrogens with one attached hydrogen (secondary N) is 1. The van der Waals surface area contributed by atoms with Crippen molar-refractivity contribution in [1.29, 1.82) is 0 Å². The van der Waals surface area contributed by atoms with Crippen LogP contribution in [-0.2, 0) is 4.79 Å². The van der Waals surface area contributed by atoms with Gasteiger partial charge in [-0.3, -0.25) is 9.59 Å². The van der Waals surface area contributed by atoms with Crippen LogP contribution in [0.15, 0.2) is 12.3 Å². The van der Waals surface area contributed by atoms with Crippen LogP contribution in [0.25, 0.3) is 0 Å². The molecule has 2 amide bonds. The van der Waals surface area contributed by atoms with Crippen molar-refractivity contribution in [3.63, 3.8) is 0 Å². The number of piperidine rings is 1. The summed E-state index contributed by atoms with van der Waals surface area (Å²) in [5.41, 5.74) is 1.92. The summed E-state index contributed by atoms with van der Waals surface area (Å²) in [7, 11) is 1.84. The van der Waals surface area contributed by atoms with E-state index in [1.807, 2.05) is 24.2 Å². The lowest BCUT2D eigenvalue weighted by atomic mass is 9.91. The largest absolute Gasteiger partial charge is 0.364 e. The first-order chi connectivity index (χ1) is 10.2. The van der Waals surface area contributed by atoms with E-state index in [2.05, 4.69) is 4.98 Å². The quantitative estimate of drug-likeness (QED) is 0.898. The molecule has 0 unspecified atom stereocenters.